The predicted molar refractivity (Wildman–Crippen MR) is 126 cm³/mol. The zero-order chi connectivity index (χ0) is 23.4. The first-order valence-electron chi connectivity index (χ1n) is 12.2. The molecule has 5 rings (SSSR count). The number of rotatable bonds is 4. The number of thiazole rings is 1. The minimum atomic E-state index is -0.692. The monoisotopic (exact) mass is 475 g/mol. The van der Waals surface area contributed by atoms with Crippen molar-refractivity contribution in [2.24, 2.45) is 28.6 Å². The Hall–Kier alpha value is -1.96. The molecule has 0 aromatic carbocycles. The first-order chi connectivity index (χ1) is 15.8. The third-order valence-electron chi connectivity index (χ3n) is 9.53. The Kier molecular flexibility index (Phi) is 5.78. The Balaban J connectivity index is 1.34. The molecular formula is C25H34FN3O3S. The zero-order valence-corrected chi connectivity index (χ0v) is 20.5. The summed E-state index contributed by atoms with van der Waals surface area (Å²) in [6, 6.07) is 0.308. The van der Waals surface area contributed by atoms with Crippen LogP contribution in [0.3, 0.4) is 0 Å². The van der Waals surface area contributed by atoms with E-state index in [9.17, 15) is 14.0 Å². The maximum absolute atomic E-state index is 12.3. The Morgan fingerprint density at radius 1 is 1.27 bits per heavy atom. The zero-order valence-electron chi connectivity index (χ0n) is 19.7. The van der Waals surface area contributed by atoms with Crippen LogP contribution < -0.4 is 5.32 Å². The number of amides is 2. The van der Waals surface area contributed by atoms with Crippen molar-refractivity contribution in [1.82, 2.24) is 9.88 Å². The van der Waals surface area contributed by atoms with Gasteiger partial charge in [0.25, 0.3) is 0 Å². The first kappa shape index (κ1) is 22.8. The van der Waals surface area contributed by atoms with Crippen molar-refractivity contribution in [3.63, 3.8) is 0 Å². The summed E-state index contributed by atoms with van der Waals surface area (Å²) in [5.41, 5.74) is 1.32. The van der Waals surface area contributed by atoms with Crippen molar-refractivity contribution in [1.29, 1.82) is 0 Å². The molecule has 33 heavy (non-hydrogen) atoms. The number of ether oxygens (including phenoxy) is 1. The van der Waals surface area contributed by atoms with E-state index in [0.717, 1.165) is 25.0 Å². The Bertz CT molecular complexity index is 966. The number of likely N-dealkylation sites (N-methyl/N-ethyl adjacent to an activating group) is 1. The third-order valence-corrected chi connectivity index (χ3v) is 10.3. The first-order valence-corrected chi connectivity index (χ1v) is 13.1. The van der Waals surface area contributed by atoms with Crippen LogP contribution in [0.5, 0.6) is 0 Å². The molecule has 2 amide bonds. The van der Waals surface area contributed by atoms with Crippen molar-refractivity contribution in [2.45, 2.75) is 64.3 Å². The van der Waals surface area contributed by atoms with Crippen molar-refractivity contribution in [2.75, 3.05) is 25.6 Å². The highest BCUT2D eigenvalue weighted by Gasteiger charge is 2.60. The van der Waals surface area contributed by atoms with Crippen LogP contribution in [-0.4, -0.2) is 48.3 Å². The highest BCUT2D eigenvalue weighted by Crippen LogP contribution is 2.67. The quantitative estimate of drug-likeness (QED) is 0.634. The SMILES string of the molecule is CN1C(=O)C=C[C@]2(C)[C@H]3CC[C@]4(C)[C@@H](c5csc(NC(=O)OCCF)n5)CC[C@H]4[C@@H]3CC[C@@H]12. The fraction of sp³-hybridized carbons (Fsp3) is 0.720. The number of alkyl halides is 1. The van der Waals surface area contributed by atoms with Gasteiger partial charge in [0.1, 0.15) is 13.3 Å². The highest BCUT2D eigenvalue weighted by molar-refractivity contribution is 7.13. The molecule has 1 N–H and O–H groups in total. The fourth-order valence-electron chi connectivity index (χ4n) is 7.98. The summed E-state index contributed by atoms with van der Waals surface area (Å²) in [4.78, 5) is 30.8. The molecule has 4 aliphatic rings. The van der Waals surface area contributed by atoms with Gasteiger partial charge in [-0.25, -0.2) is 14.2 Å². The number of aromatic nitrogens is 1. The van der Waals surface area contributed by atoms with E-state index in [1.165, 1.54) is 30.6 Å². The molecule has 2 heterocycles. The lowest BCUT2D eigenvalue weighted by Gasteiger charge is -2.60. The molecule has 0 unspecified atom stereocenters. The van der Waals surface area contributed by atoms with Crippen molar-refractivity contribution < 1.29 is 18.7 Å². The number of hydrogen-bond acceptors (Lipinski definition) is 5. The van der Waals surface area contributed by atoms with Crippen molar-refractivity contribution >= 4 is 28.5 Å². The number of hydrogen-bond donors (Lipinski definition) is 1. The highest BCUT2D eigenvalue weighted by atomic mass is 32.1. The summed E-state index contributed by atoms with van der Waals surface area (Å²) in [5.74, 6) is 2.46. The molecule has 3 aliphatic carbocycles. The average Bonchev–Trinajstić information content (AvgIpc) is 3.38. The second kappa shape index (κ2) is 8.36. The summed E-state index contributed by atoms with van der Waals surface area (Å²) < 4.78 is 17.0. The number of anilines is 1. The summed E-state index contributed by atoms with van der Waals surface area (Å²) >= 11 is 1.41. The molecule has 1 aromatic heterocycles. The minimum Gasteiger partial charge on any atom is -0.446 e. The number of nitrogens with one attached hydrogen (secondary N) is 1. The van der Waals surface area contributed by atoms with Crippen molar-refractivity contribution in [3.05, 3.63) is 23.2 Å². The Morgan fingerprint density at radius 2 is 2.09 bits per heavy atom. The second-order valence-electron chi connectivity index (χ2n) is 10.8. The van der Waals surface area contributed by atoms with Crippen LogP contribution in [0, 0.1) is 28.6 Å². The molecule has 7 atom stereocenters. The van der Waals surface area contributed by atoms with Gasteiger partial charge < -0.3 is 9.64 Å². The molecule has 0 bridgehead atoms. The molecule has 180 valence electrons. The van der Waals surface area contributed by atoms with Gasteiger partial charge in [0.15, 0.2) is 5.13 Å². The molecule has 6 nitrogen and oxygen atoms in total. The van der Waals surface area contributed by atoms with E-state index in [1.54, 1.807) is 6.08 Å². The van der Waals surface area contributed by atoms with Crippen LogP contribution >= 0.6 is 11.3 Å². The van der Waals surface area contributed by atoms with Gasteiger partial charge in [-0.1, -0.05) is 19.9 Å². The van der Waals surface area contributed by atoms with Gasteiger partial charge in [0, 0.05) is 29.8 Å². The average molecular weight is 476 g/mol. The summed E-state index contributed by atoms with van der Waals surface area (Å²) in [5, 5.41) is 5.22. The fourth-order valence-corrected chi connectivity index (χ4v) is 8.73. The maximum atomic E-state index is 12.3. The number of carbonyl (C=O) groups is 2. The molecule has 0 spiro atoms. The lowest BCUT2D eigenvalue weighted by molar-refractivity contribution is -0.138. The van der Waals surface area contributed by atoms with E-state index >= 15 is 0 Å². The van der Waals surface area contributed by atoms with Crippen LogP contribution in [0.25, 0.3) is 0 Å². The minimum absolute atomic E-state index is 0.0582. The predicted octanol–water partition coefficient (Wildman–Crippen LogP) is 5.38. The van der Waals surface area contributed by atoms with E-state index in [0.29, 0.717) is 34.8 Å². The van der Waals surface area contributed by atoms with E-state index in [-0.39, 0.29) is 23.3 Å². The molecule has 3 saturated carbocycles. The lowest BCUT2D eigenvalue weighted by atomic mass is 9.47. The van der Waals surface area contributed by atoms with Crippen LogP contribution in [0.1, 0.15) is 64.0 Å². The number of fused-ring (bicyclic) bond motifs is 5. The summed E-state index contributed by atoms with van der Waals surface area (Å²) in [6.45, 7) is 3.90. The molecule has 0 radical (unpaired) electrons. The molecule has 0 saturated heterocycles. The third kappa shape index (κ3) is 3.60. The lowest BCUT2D eigenvalue weighted by Crippen LogP contribution is -2.59. The van der Waals surface area contributed by atoms with Gasteiger partial charge in [-0.15, -0.1) is 11.3 Å². The van der Waals surface area contributed by atoms with Crippen molar-refractivity contribution in [3.8, 4) is 0 Å². The molecule has 8 heteroatoms. The number of carbonyl (C=O) groups excluding carboxylic acids is 2. The van der Waals surface area contributed by atoms with Crippen LogP contribution in [0.2, 0.25) is 0 Å². The molecular weight excluding hydrogens is 441 g/mol. The summed E-state index contributed by atoms with van der Waals surface area (Å²) in [6.07, 6.45) is 10.3. The van der Waals surface area contributed by atoms with Gasteiger partial charge in [0.2, 0.25) is 5.91 Å². The Morgan fingerprint density at radius 3 is 2.88 bits per heavy atom. The van der Waals surface area contributed by atoms with E-state index in [2.05, 4.69) is 30.6 Å². The van der Waals surface area contributed by atoms with E-state index < -0.39 is 12.8 Å². The van der Waals surface area contributed by atoms with E-state index in [4.69, 9.17) is 9.72 Å². The molecule has 1 aliphatic heterocycles. The van der Waals surface area contributed by atoms with Gasteiger partial charge in [-0.05, 0) is 67.8 Å². The van der Waals surface area contributed by atoms with Crippen LogP contribution in [0.4, 0.5) is 14.3 Å². The largest absolute Gasteiger partial charge is 0.446 e. The van der Waals surface area contributed by atoms with Gasteiger partial charge in [-0.2, -0.15) is 0 Å². The van der Waals surface area contributed by atoms with Gasteiger partial charge >= 0.3 is 6.09 Å². The van der Waals surface area contributed by atoms with E-state index in [1.807, 2.05) is 11.9 Å². The number of halogens is 1. The number of nitrogens with zero attached hydrogens (tertiary/aromatic N) is 2. The maximum Gasteiger partial charge on any atom is 0.413 e. The standard InChI is InChI=1S/C25H34FN3O3S/c1-24-10-8-17-15(4-7-20-25(17,2)11-9-21(30)29(20)3)16(24)5-6-18(24)19-14-33-22(27-19)28-23(31)32-13-12-26/h9,11,14-18,20H,4-8,10,12-13H2,1-3H3,(H,27,28,31)/t15-,16-,17-,18+,20+,24-,25+/m0/s1. The second-order valence-corrected chi connectivity index (χ2v) is 11.7. The smallest absolute Gasteiger partial charge is 0.413 e. The normalized spacial score (nSPS) is 39.6. The van der Waals surface area contributed by atoms with Crippen LogP contribution in [0.15, 0.2) is 17.5 Å². The Labute approximate surface area is 199 Å². The van der Waals surface area contributed by atoms with Gasteiger partial charge in [0.05, 0.1) is 5.69 Å². The van der Waals surface area contributed by atoms with Gasteiger partial charge in [-0.3, -0.25) is 10.1 Å². The van der Waals surface area contributed by atoms with Crippen LogP contribution in [-0.2, 0) is 9.53 Å². The topological polar surface area (TPSA) is 71.5 Å². The summed E-state index contributed by atoms with van der Waals surface area (Å²) in [7, 11) is 1.97. The molecule has 3 fully saturated rings. The molecule has 1 aromatic rings.